The van der Waals surface area contributed by atoms with Crippen LogP contribution in [-0.2, 0) is 16.1 Å². The Labute approximate surface area is 137 Å². The van der Waals surface area contributed by atoms with E-state index in [0.717, 1.165) is 38.6 Å². The molecule has 0 atom stereocenters. The van der Waals surface area contributed by atoms with Crippen LogP contribution in [0.1, 0.15) is 44.9 Å². The van der Waals surface area contributed by atoms with Gasteiger partial charge in [-0.25, -0.2) is 4.98 Å². The first kappa shape index (κ1) is 17.5. The highest BCUT2D eigenvalue weighted by atomic mass is 16.2. The number of aryl methyl sites for hydroxylation is 1. The Morgan fingerprint density at radius 1 is 1.09 bits per heavy atom. The molecule has 0 unspecified atom stereocenters. The average molecular weight is 321 g/mol. The first-order valence-electron chi connectivity index (χ1n) is 8.42. The summed E-state index contributed by atoms with van der Waals surface area (Å²) < 4.78 is 1.97. The van der Waals surface area contributed by atoms with Crippen LogP contribution >= 0.6 is 0 Å². The highest BCUT2D eigenvalue weighted by Gasteiger charge is 2.23. The van der Waals surface area contributed by atoms with Crippen molar-refractivity contribution in [1.29, 1.82) is 0 Å². The zero-order valence-corrected chi connectivity index (χ0v) is 13.5. The van der Waals surface area contributed by atoms with Gasteiger partial charge in [-0.1, -0.05) is 0 Å². The molecule has 128 valence electrons. The van der Waals surface area contributed by atoms with Crippen LogP contribution in [0.15, 0.2) is 18.7 Å². The third kappa shape index (κ3) is 6.40. The van der Waals surface area contributed by atoms with E-state index in [9.17, 15) is 9.59 Å². The van der Waals surface area contributed by atoms with E-state index in [0.29, 0.717) is 19.4 Å². The molecule has 7 heteroatoms. The molecule has 2 rings (SSSR count). The average Bonchev–Trinajstić information content (AvgIpc) is 3.03. The molecule has 0 spiro atoms. The number of imidazole rings is 1. The molecular formula is C16H27N5O2. The molecule has 0 aromatic carbocycles. The van der Waals surface area contributed by atoms with Crippen molar-refractivity contribution in [3.8, 4) is 0 Å². The van der Waals surface area contributed by atoms with Crippen LogP contribution < -0.4 is 16.4 Å². The van der Waals surface area contributed by atoms with Gasteiger partial charge in [0, 0.05) is 50.4 Å². The second-order valence-corrected chi connectivity index (χ2v) is 6.13. The summed E-state index contributed by atoms with van der Waals surface area (Å²) >= 11 is 0. The zero-order chi connectivity index (χ0) is 16.5. The number of carbonyl (C=O) groups excluding carboxylic acids is 2. The summed E-state index contributed by atoms with van der Waals surface area (Å²) in [6.07, 6.45) is 10.8. The Morgan fingerprint density at radius 2 is 1.70 bits per heavy atom. The molecule has 2 amide bonds. The van der Waals surface area contributed by atoms with Crippen molar-refractivity contribution < 1.29 is 9.59 Å². The number of nitrogens with one attached hydrogen (secondary N) is 2. The van der Waals surface area contributed by atoms with Gasteiger partial charge in [-0.15, -0.1) is 0 Å². The highest BCUT2D eigenvalue weighted by Crippen LogP contribution is 2.19. The quantitative estimate of drug-likeness (QED) is 0.651. The molecule has 23 heavy (non-hydrogen) atoms. The van der Waals surface area contributed by atoms with Crippen molar-refractivity contribution in [2.24, 2.45) is 5.73 Å². The van der Waals surface area contributed by atoms with Crippen molar-refractivity contribution in [3.63, 3.8) is 0 Å². The number of hydrogen-bond acceptors (Lipinski definition) is 4. The van der Waals surface area contributed by atoms with Crippen LogP contribution in [-0.4, -0.2) is 40.0 Å². The van der Waals surface area contributed by atoms with Gasteiger partial charge >= 0.3 is 0 Å². The van der Waals surface area contributed by atoms with E-state index in [-0.39, 0.29) is 23.9 Å². The van der Waals surface area contributed by atoms with Crippen LogP contribution in [0, 0.1) is 0 Å². The minimum Gasteiger partial charge on any atom is -0.353 e. The van der Waals surface area contributed by atoms with Gasteiger partial charge in [0.15, 0.2) is 0 Å². The second kappa shape index (κ2) is 9.29. The summed E-state index contributed by atoms with van der Waals surface area (Å²) in [6, 6.07) is 0.460. The van der Waals surface area contributed by atoms with Crippen molar-refractivity contribution in [2.45, 2.75) is 63.6 Å². The summed E-state index contributed by atoms with van der Waals surface area (Å²) in [5, 5.41) is 6.10. The third-order valence-electron chi connectivity index (χ3n) is 4.21. The van der Waals surface area contributed by atoms with Crippen molar-refractivity contribution in [1.82, 2.24) is 20.2 Å². The van der Waals surface area contributed by atoms with Gasteiger partial charge in [-0.05, 0) is 32.1 Å². The summed E-state index contributed by atoms with van der Waals surface area (Å²) in [6.45, 7) is 1.20. The Kier molecular flexibility index (Phi) is 7.06. The van der Waals surface area contributed by atoms with Gasteiger partial charge < -0.3 is 20.9 Å². The minimum atomic E-state index is 0.0273. The van der Waals surface area contributed by atoms with Gasteiger partial charge in [-0.2, -0.15) is 0 Å². The molecule has 4 N–H and O–H groups in total. The summed E-state index contributed by atoms with van der Waals surface area (Å²) in [7, 11) is 0. The van der Waals surface area contributed by atoms with Crippen LogP contribution in [0.5, 0.6) is 0 Å². The molecule has 0 radical (unpaired) electrons. The van der Waals surface area contributed by atoms with Crippen LogP contribution in [0.4, 0.5) is 0 Å². The predicted molar refractivity (Wildman–Crippen MR) is 87.5 cm³/mol. The number of hydrogen-bond donors (Lipinski definition) is 3. The normalized spacial score (nSPS) is 20.9. The molecule has 0 saturated heterocycles. The molecule has 0 aliphatic heterocycles. The number of nitrogens with zero attached hydrogens (tertiary/aromatic N) is 2. The molecule has 0 bridgehead atoms. The fourth-order valence-electron chi connectivity index (χ4n) is 2.95. The Bertz CT molecular complexity index is 481. The highest BCUT2D eigenvalue weighted by molar-refractivity contribution is 5.76. The molecule has 1 aliphatic rings. The first-order valence-corrected chi connectivity index (χ1v) is 8.42. The number of amides is 2. The number of nitrogens with two attached hydrogens (primary N) is 1. The minimum absolute atomic E-state index is 0.0273. The number of rotatable bonds is 8. The monoisotopic (exact) mass is 321 g/mol. The zero-order valence-electron chi connectivity index (χ0n) is 13.5. The Balaban J connectivity index is 1.58. The maximum Gasteiger partial charge on any atom is 0.221 e. The van der Waals surface area contributed by atoms with E-state index in [2.05, 4.69) is 15.6 Å². The predicted octanol–water partition coefficient (Wildman–Crippen LogP) is 0.556. The van der Waals surface area contributed by atoms with Gasteiger partial charge in [0.05, 0.1) is 6.33 Å². The summed E-state index contributed by atoms with van der Waals surface area (Å²) in [4.78, 5) is 27.5. The van der Waals surface area contributed by atoms with E-state index < -0.39 is 0 Å². The van der Waals surface area contributed by atoms with Gasteiger partial charge in [0.25, 0.3) is 0 Å². The Morgan fingerprint density at radius 3 is 2.22 bits per heavy atom. The lowest BCUT2D eigenvalue weighted by atomic mass is 9.91. The number of aromatic nitrogens is 2. The molecule has 1 aromatic heterocycles. The van der Waals surface area contributed by atoms with Crippen LogP contribution in [0.3, 0.4) is 0 Å². The third-order valence-corrected chi connectivity index (χ3v) is 4.21. The van der Waals surface area contributed by atoms with Crippen molar-refractivity contribution in [3.05, 3.63) is 18.7 Å². The molecule has 7 nitrogen and oxygen atoms in total. The topological polar surface area (TPSA) is 102 Å². The number of carbonyl (C=O) groups is 2. The lowest BCUT2D eigenvalue weighted by Crippen LogP contribution is -2.44. The van der Waals surface area contributed by atoms with Crippen molar-refractivity contribution >= 4 is 11.8 Å². The standard InChI is InChI=1S/C16H27N5O2/c17-8-7-16(23)20-14-5-3-13(4-6-14)19-15(22)2-1-10-21-11-9-18-12-21/h9,11-14H,1-8,10,17H2,(H,19,22)(H,20,23). The van der Waals surface area contributed by atoms with Crippen LogP contribution in [0.25, 0.3) is 0 Å². The second-order valence-electron chi connectivity index (χ2n) is 6.13. The maximum atomic E-state index is 12.0. The van der Waals surface area contributed by atoms with E-state index in [1.54, 1.807) is 12.5 Å². The molecule has 1 saturated carbocycles. The van der Waals surface area contributed by atoms with E-state index in [4.69, 9.17) is 5.73 Å². The lowest BCUT2D eigenvalue weighted by Gasteiger charge is -2.29. The van der Waals surface area contributed by atoms with Gasteiger partial charge in [0.2, 0.25) is 11.8 Å². The lowest BCUT2D eigenvalue weighted by molar-refractivity contribution is -0.123. The van der Waals surface area contributed by atoms with Crippen molar-refractivity contribution in [2.75, 3.05) is 6.54 Å². The molecule has 1 aliphatic carbocycles. The first-order chi connectivity index (χ1) is 11.2. The van der Waals surface area contributed by atoms with E-state index in [1.165, 1.54) is 0 Å². The molecule has 1 heterocycles. The summed E-state index contributed by atoms with van der Waals surface area (Å²) in [5.41, 5.74) is 5.37. The summed E-state index contributed by atoms with van der Waals surface area (Å²) in [5.74, 6) is 0.139. The van der Waals surface area contributed by atoms with Gasteiger partial charge in [0.1, 0.15) is 0 Å². The SMILES string of the molecule is NCCC(=O)NC1CCC(NC(=O)CCCn2ccnc2)CC1. The van der Waals surface area contributed by atoms with E-state index >= 15 is 0 Å². The fraction of sp³-hybridized carbons (Fsp3) is 0.688. The smallest absolute Gasteiger partial charge is 0.221 e. The molecule has 1 fully saturated rings. The fourth-order valence-corrected chi connectivity index (χ4v) is 2.95. The molecular weight excluding hydrogens is 294 g/mol. The molecule has 1 aromatic rings. The van der Waals surface area contributed by atoms with Crippen LogP contribution in [0.2, 0.25) is 0 Å². The van der Waals surface area contributed by atoms with E-state index in [1.807, 2.05) is 10.8 Å². The van der Waals surface area contributed by atoms with Gasteiger partial charge in [-0.3, -0.25) is 9.59 Å². The Hall–Kier alpha value is -1.89. The maximum absolute atomic E-state index is 12.0. The largest absolute Gasteiger partial charge is 0.353 e.